The van der Waals surface area contributed by atoms with E-state index in [2.05, 4.69) is 5.32 Å². The zero-order valence-electron chi connectivity index (χ0n) is 9.94. The average Bonchev–Trinajstić information content (AvgIpc) is 2.42. The highest BCUT2D eigenvalue weighted by Gasteiger charge is 2.16. The summed E-state index contributed by atoms with van der Waals surface area (Å²) in [5.74, 6) is -0.324. The fourth-order valence-corrected chi connectivity index (χ4v) is 2.07. The molecule has 0 saturated heterocycles. The Morgan fingerprint density at radius 1 is 1.11 bits per heavy atom. The zero-order chi connectivity index (χ0) is 13.8. The van der Waals surface area contributed by atoms with Crippen LogP contribution in [0.15, 0.2) is 48.5 Å². The molecule has 3 nitrogen and oxygen atoms in total. The fraction of sp³-hybridized carbons (Fsp3) is 0.0714. The van der Waals surface area contributed by atoms with E-state index in [1.807, 2.05) is 18.2 Å². The quantitative estimate of drug-likeness (QED) is 0.908. The number of halogens is 2. The predicted octanol–water partition coefficient (Wildman–Crippen LogP) is 3.63. The Morgan fingerprint density at radius 2 is 1.79 bits per heavy atom. The van der Waals surface area contributed by atoms with Crippen LogP contribution in [0.1, 0.15) is 11.6 Å². The van der Waals surface area contributed by atoms with E-state index in [1.54, 1.807) is 30.3 Å². The van der Waals surface area contributed by atoms with Crippen LogP contribution in [0.3, 0.4) is 0 Å². The molecule has 0 bridgehead atoms. The number of carbonyl (C=O) groups excluding carboxylic acids is 1. The summed E-state index contributed by atoms with van der Waals surface area (Å²) in [6.45, 7) is 0. The molecule has 19 heavy (non-hydrogen) atoms. The van der Waals surface area contributed by atoms with Crippen molar-refractivity contribution >= 4 is 34.8 Å². The molecule has 2 rings (SSSR count). The summed E-state index contributed by atoms with van der Waals surface area (Å²) in [6.07, 6.45) is 0. The number of hydrogen-bond donors (Lipinski definition) is 2. The lowest BCUT2D eigenvalue weighted by molar-refractivity contribution is -0.117. The van der Waals surface area contributed by atoms with Gasteiger partial charge in [0.25, 0.3) is 0 Å². The van der Waals surface area contributed by atoms with Crippen LogP contribution < -0.4 is 11.1 Å². The van der Waals surface area contributed by atoms with E-state index >= 15 is 0 Å². The van der Waals surface area contributed by atoms with Crippen LogP contribution in [-0.2, 0) is 4.79 Å². The Kier molecular flexibility index (Phi) is 4.43. The van der Waals surface area contributed by atoms with E-state index in [4.69, 9.17) is 28.9 Å². The van der Waals surface area contributed by atoms with Crippen LogP contribution in [-0.4, -0.2) is 5.91 Å². The molecule has 1 atom stereocenters. The Morgan fingerprint density at radius 3 is 2.42 bits per heavy atom. The van der Waals surface area contributed by atoms with E-state index in [-0.39, 0.29) is 5.91 Å². The van der Waals surface area contributed by atoms with Gasteiger partial charge < -0.3 is 11.1 Å². The van der Waals surface area contributed by atoms with Crippen molar-refractivity contribution in [2.24, 2.45) is 5.73 Å². The summed E-state index contributed by atoms with van der Waals surface area (Å²) in [6, 6.07) is 13.2. The first-order valence-electron chi connectivity index (χ1n) is 5.64. The Bertz CT molecular complexity index is 587. The second kappa shape index (κ2) is 6.06. The average molecular weight is 295 g/mol. The highest BCUT2D eigenvalue weighted by Crippen LogP contribution is 2.26. The Hall–Kier alpha value is -1.55. The molecule has 3 N–H and O–H groups in total. The maximum atomic E-state index is 12.0. The molecular formula is C14H12Cl2N2O. The maximum absolute atomic E-state index is 12.0. The summed E-state index contributed by atoms with van der Waals surface area (Å²) in [5.41, 5.74) is 7.11. The van der Waals surface area contributed by atoms with Crippen molar-refractivity contribution in [3.63, 3.8) is 0 Å². The van der Waals surface area contributed by atoms with Crippen LogP contribution >= 0.6 is 23.2 Å². The van der Waals surface area contributed by atoms with Crippen LogP contribution in [0.2, 0.25) is 10.0 Å². The van der Waals surface area contributed by atoms with Gasteiger partial charge in [-0.3, -0.25) is 4.79 Å². The molecule has 0 radical (unpaired) electrons. The SMILES string of the molecule is NC(C(=O)Nc1ccc(Cl)cc1Cl)c1ccccc1. The highest BCUT2D eigenvalue weighted by atomic mass is 35.5. The largest absolute Gasteiger partial charge is 0.323 e. The standard InChI is InChI=1S/C14H12Cl2N2O/c15-10-6-7-12(11(16)8-10)18-14(19)13(17)9-4-2-1-3-5-9/h1-8,13H,17H2,(H,18,19). The minimum Gasteiger partial charge on any atom is -0.323 e. The van der Waals surface area contributed by atoms with E-state index < -0.39 is 6.04 Å². The van der Waals surface area contributed by atoms with Crippen molar-refractivity contribution in [2.75, 3.05) is 5.32 Å². The first-order valence-corrected chi connectivity index (χ1v) is 6.40. The molecule has 1 amide bonds. The van der Waals surface area contributed by atoms with Gasteiger partial charge in [-0.15, -0.1) is 0 Å². The van der Waals surface area contributed by atoms with Crippen molar-refractivity contribution in [1.29, 1.82) is 0 Å². The molecule has 2 aromatic rings. The molecule has 0 aliphatic heterocycles. The molecule has 0 aromatic heterocycles. The van der Waals surface area contributed by atoms with Crippen molar-refractivity contribution in [3.05, 3.63) is 64.1 Å². The van der Waals surface area contributed by atoms with Crippen LogP contribution in [0, 0.1) is 0 Å². The minimum absolute atomic E-state index is 0.324. The van der Waals surface area contributed by atoms with Gasteiger partial charge in [-0.05, 0) is 23.8 Å². The van der Waals surface area contributed by atoms with Gasteiger partial charge in [-0.1, -0.05) is 53.5 Å². The number of rotatable bonds is 3. The van der Waals surface area contributed by atoms with Gasteiger partial charge in [-0.2, -0.15) is 0 Å². The van der Waals surface area contributed by atoms with Gasteiger partial charge >= 0.3 is 0 Å². The first-order chi connectivity index (χ1) is 9.08. The van der Waals surface area contributed by atoms with Crippen molar-refractivity contribution < 1.29 is 4.79 Å². The smallest absolute Gasteiger partial charge is 0.245 e. The molecule has 5 heteroatoms. The molecule has 0 heterocycles. The zero-order valence-corrected chi connectivity index (χ0v) is 11.4. The topological polar surface area (TPSA) is 55.1 Å². The molecule has 0 fully saturated rings. The first kappa shape index (κ1) is 13.9. The van der Waals surface area contributed by atoms with Crippen molar-refractivity contribution in [1.82, 2.24) is 0 Å². The lowest BCUT2D eigenvalue weighted by atomic mass is 10.1. The summed E-state index contributed by atoms with van der Waals surface area (Å²) < 4.78 is 0. The molecule has 0 aliphatic carbocycles. The van der Waals surface area contributed by atoms with E-state index in [9.17, 15) is 4.79 Å². The highest BCUT2D eigenvalue weighted by molar-refractivity contribution is 6.36. The normalized spacial score (nSPS) is 11.9. The molecule has 0 spiro atoms. The molecule has 0 aliphatic rings. The lowest BCUT2D eigenvalue weighted by Crippen LogP contribution is -2.27. The van der Waals surface area contributed by atoms with Crippen molar-refractivity contribution in [3.8, 4) is 0 Å². The third kappa shape index (κ3) is 3.47. The molecule has 98 valence electrons. The van der Waals surface area contributed by atoms with Crippen LogP contribution in [0.25, 0.3) is 0 Å². The monoisotopic (exact) mass is 294 g/mol. The number of benzene rings is 2. The van der Waals surface area contributed by atoms with Gasteiger partial charge in [-0.25, -0.2) is 0 Å². The third-order valence-electron chi connectivity index (χ3n) is 2.63. The second-order valence-electron chi connectivity index (χ2n) is 4.00. The lowest BCUT2D eigenvalue weighted by Gasteiger charge is -2.13. The molecule has 0 saturated carbocycles. The van der Waals surface area contributed by atoms with Crippen molar-refractivity contribution in [2.45, 2.75) is 6.04 Å². The summed E-state index contributed by atoms with van der Waals surface area (Å²) in [7, 11) is 0. The van der Waals surface area contributed by atoms with Gasteiger partial charge in [0, 0.05) is 5.02 Å². The number of nitrogens with two attached hydrogens (primary N) is 1. The maximum Gasteiger partial charge on any atom is 0.245 e. The number of anilines is 1. The number of nitrogens with one attached hydrogen (secondary N) is 1. The second-order valence-corrected chi connectivity index (χ2v) is 4.85. The van der Waals surface area contributed by atoms with Gasteiger partial charge in [0.1, 0.15) is 6.04 Å². The summed E-state index contributed by atoms with van der Waals surface area (Å²) >= 11 is 11.8. The number of hydrogen-bond acceptors (Lipinski definition) is 2. The van der Waals surface area contributed by atoms with Gasteiger partial charge in [0.15, 0.2) is 0 Å². The summed E-state index contributed by atoms with van der Waals surface area (Å²) in [4.78, 5) is 12.0. The third-order valence-corrected chi connectivity index (χ3v) is 3.18. The van der Waals surface area contributed by atoms with Gasteiger partial charge in [0.05, 0.1) is 10.7 Å². The number of carbonyl (C=O) groups is 1. The fourth-order valence-electron chi connectivity index (χ4n) is 1.61. The van der Waals surface area contributed by atoms with Crippen LogP contribution in [0.5, 0.6) is 0 Å². The van der Waals surface area contributed by atoms with E-state index in [0.29, 0.717) is 15.7 Å². The van der Waals surface area contributed by atoms with E-state index in [0.717, 1.165) is 5.56 Å². The van der Waals surface area contributed by atoms with Crippen LogP contribution in [0.4, 0.5) is 5.69 Å². The summed E-state index contributed by atoms with van der Waals surface area (Å²) in [5, 5.41) is 3.57. The molecular weight excluding hydrogens is 283 g/mol. The predicted molar refractivity (Wildman–Crippen MR) is 78.5 cm³/mol. The molecule has 1 unspecified atom stereocenters. The molecule has 2 aromatic carbocycles. The van der Waals surface area contributed by atoms with E-state index in [1.165, 1.54) is 0 Å². The van der Waals surface area contributed by atoms with Gasteiger partial charge in [0.2, 0.25) is 5.91 Å². The minimum atomic E-state index is -0.743. The number of amides is 1. The Balaban J connectivity index is 2.13. The Labute approximate surface area is 121 Å².